The van der Waals surface area contributed by atoms with Crippen LogP contribution in [0, 0.1) is 0 Å². The molecule has 3 rings (SSSR count). The first-order valence-electron chi connectivity index (χ1n) is 7.66. The highest BCUT2D eigenvalue weighted by Crippen LogP contribution is 2.41. The van der Waals surface area contributed by atoms with Gasteiger partial charge < -0.3 is 5.11 Å². The van der Waals surface area contributed by atoms with Gasteiger partial charge in [-0.1, -0.05) is 91.0 Å². The minimum Gasteiger partial charge on any atom is -0.478 e. The molecule has 0 atom stereocenters. The van der Waals surface area contributed by atoms with Crippen LogP contribution in [0.3, 0.4) is 0 Å². The van der Waals surface area contributed by atoms with Crippen LogP contribution in [0.5, 0.6) is 0 Å². The van der Waals surface area contributed by atoms with E-state index in [-0.39, 0.29) is 5.29 Å². The zero-order chi connectivity index (χ0) is 17.0. The van der Waals surface area contributed by atoms with Gasteiger partial charge in [-0.25, -0.2) is 4.79 Å². The summed E-state index contributed by atoms with van der Waals surface area (Å²) in [5.41, 5.74) is 1.78. The van der Waals surface area contributed by atoms with E-state index in [1.54, 1.807) is 0 Å². The summed E-state index contributed by atoms with van der Waals surface area (Å²) in [5, 5.41) is 10.0. The number of carbonyl (C=O) groups is 1. The molecular weight excluding hydrogens is 315 g/mol. The zero-order valence-corrected chi connectivity index (χ0v) is 14.0. The van der Waals surface area contributed by atoms with Crippen LogP contribution in [0.2, 0.25) is 0 Å². The SMILES string of the molecule is O=C(O)C(=P)C(c1ccccc1)(c1ccccc1)c1ccccc1. The van der Waals surface area contributed by atoms with Gasteiger partial charge in [-0.05, 0) is 16.7 Å². The Kier molecular flexibility index (Phi) is 4.59. The van der Waals surface area contributed by atoms with E-state index in [0.29, 0.717) is 0 Å². The molecule has 0 aliphatic heterocycles. The third-order valence-corrected chi connectivity index (χ3v) is 4.80. The molecule has 0 unspecified atom stereocenters. The smallest absolute Gasteiger partial charge is 0.337 e. The quantitative estimate of drug-likeness (QED) is 0.555. The molecule has 1 N–H and O–H groups in total. The Morgan fingerprint density at radius 1 is 0.667 bits per heavy atom. The second-order valence-electron chi connectivity index (χ2n) is 5.53. The lowest BCUT2D eigenvalue weighted by atomic mass is 9.67. The summed E-state index contributed by atoms with van der Waals surface area (Å²) in [6.07, 6.45) is 0. The molecule has 3 heteroatoms. The number of hydrogen-bond donors (Lipinski definition) is 1. The lowest BCUT2D eigenvalue weighted by molar-refractivity contribution is -0.129. The van der Waals surface area contributed by atoms with Crippen molar-refractivity contribution in [1.82, 2.24) is 0 Å². The van der Waals surface area contributed by atoms with Gasteiger partial charge in [0, 0.05) is 0 Å². The van der Waals surface area contributed by atoms with Crippen LogP contribution in [0.4, 0.5) is 0 Å². The fourth-order valence-electron chi connectivity index (χ4n) is 3.16. The Bertz CT molecular complexity index is 746. The Hall–Kier alpha value is -2.70. The molecule has 3 aromatic carbocycles. The van der Waals surface area contributed by atoms with Crippen molar-refractivity contribution in [3.63, 3.8) is 0 Å². The predicted molar refractivity (Wildman–Crippen MR) is 100 cm³/mol. The molecule has 0 aliphatic carbocycles. The highest BCUT2D eigenvalue weighted by molar-refractivity contribution is 7.26. The Morgan fingerprint density at radius 2 is 0.958 bits per heavy atom. The lowest BCUT2D eigenvalue weighted by Crippen LogP contribution is -2.41. The third kappa shape index (κ3) is 2.66. The monoisotopic (exact) mass is 332 g/mol. The molecule has 0 aliphatic rings. The van der Waals surface area contributed by atoms with Crippen molar-refractivity contribution in [1.29, 1.82) is 0 Å². The molecule has 0 saturated carbocycles. The fraction of sp³-hybridized carbons (Fsp3) is 0.0476. The number of carboxylic acids is 1. The van der Waals surface area contributed by atoms with Gasteiger partial charge in [-0.15, -0.1) is 8.86 Å². The highest BCUT2D eigenvalue weighted by Gasteiger charge is 2.42. The Balaban J connectivity index is 2.42. The van der Waals surface area contributed by atoms with E-state index >= 15 is 0 Å². The van der Waals surface area contributed by atoms with Crippen molar-refractivity contribution in [2.24, 2.45) is 0 Å². The van der Waals surface area contributed by atoms with E-state index in [0.717, 1.165) is 16.7 Å². The van der Waals surface area contributed by atoms with Crippen LogP contribution in [0.15, 0.2) is 91.0 Å². The van der Waals surface area contributed by atoms with E-state index in [9.17, 15) is 9.90 Å². The topological polar surface area (TPSA) is 37.3 Å². The Morgan fingerprint density at radius 3 is 1.21 bits per heavy atom. The average molecular weight is 332 g/mol. The van der Waals surface area contributed by atoms with Gasteiger partial charge >= 0.3 is 5.97 Å². The lowest BCUT2D eigenvalue weighted by Gasteiger charge is -2.35. The van der Waals surface area contributed by atoms with Crippen molar-refractivity contribution in [3.05, 3.63) is 108 Å². The van der Waals surface area contributed by atoms with Crippen LogP contribution >= 0.6 is 8.86 Å². The van der Waals surface area contributed by atoms with Crippen molar-refractivity contribution in [2.75, 3.05) is 0 Å². The minimum atomic E-state index is -0.983. The molecule has 3 aromatic rings. The summed E-state index contributed by atoms with van der Waals surface area (Å²) >= 11 is 0. The van der Waals surface area contributed by atoms with Crippen LogP contribution in [0.1, 0.15) is 16.7 Å². The van der Waals surface area contributed by atoms with Crippen molar-refractivity contribution in [2.45, 2.75) is 5.41 Å². The predicted octanol–water partition coefficient (Wildman–Crippen LogP) is 4.42. The van der Waals surface area contributed by atoms with Crippen LogP contribution in [-0.4, -0.2) is 16.4 Å². The molecule has 0 radical (unpaired) electrons. The average Bonchev–Trinajstić information content (AvgIpc) is 2.65. The van der Waals surface area contributed by atoms with E-state index in [4.69, 9.17) is 0 Å². The summed E-state index contributed by atoms with van der Waals surface area (Å²) in [5.74, 6) is -0.983. The van der Waals surface area contributed by atoms with Gasteiger partial charge in [0.1, 0.15) is 0 Å². The molecule has 0 aromatic heterocycles. The van der Waals surface area contributed by atoms with Crippen molar-refractivity contribution < 1.29 is 9.90 Å². The zero-order valence-electron chi connectivity index (χ0n) is 13.0. The second kappa shape index (κ2) is 6.82. The summed E-state index contributed by atoms with van der Waals surface area (Å²) in [6, 6.07) is 29.1. The number of carboxylic acid groups (broad SMARTS) is 1. The van der Waals surface area contributed by atoms with E-state index < -0.39 is 11.4 Å². The van der Waals surface area contributed by atoms with Gasteiger partial charge in [0.15, 0.2) is 0 Å². The normalized spacial score (nSPS) is 11.0. The molecular formula is C21H17O2P. The maximum Gasteiger partial charge on any atom is 0.337 e. The minimum absolute atomic E-state index is 0.186. The van der Waals surface area contributed by atoms with Crippen molar-refractivity contribution in [3.8, 4) is 0 Å². The molecule has 0 amide bonds. The second-order valence-corrected chi connectivity index (χ2v) is 6.03. The fourth-order valence-corrected chi connectivity index (χ4v) is 3.59. The first-order valence-corrected chi connectivity index (χ1v) is 8.16. The number of hydrogen-bond acceptors (Lipinski definition) is 1. The van der Waals surface area contributed by atoms with Gasteiger partial charge in [-0.3, -0.25) is 0 Å². The van der Waals surface area contributed by atoms with E-state index in [2.05, 4.69) is 8.86 Å². The van der Waals surface area contributed by atoms with Crippen LogP contribution in [0.25, 0.3) is 0 Å². The maximum absolute atomic E-state index is 12.0. The summed E-state index contributed by atoms with van der Waals surface area (Å²) < 4.78 is 0. The molecule has 118 valence electrons. The van der Waals surface area contributed by atoms with Gasteiger partial charge in [-0.2, -0.15) is 0 Å². The highest BCUT2D eigenvalue weighted by atomic mass is 31.0. The molecule has 2 nitrogen and oxygen atoms in total. The molecule has 0 bridgehead atoms. The number of benzene rings is 3. The first kappa shape index (κ1) is 16.2. The molecule has 0 saturated heterocycles. The first-order chi connectivity index (χ1) is 11.7. The van der Waals surface area contributed by atoms with Crippen LogP contribution < -0.4 is 0 Å². The largest absolute Gasteiger partial charge is 0.478 e. The Labute approximate surface area is 143 Å². The number of aliphatic carboxylic acids is 1. The summed E-state index contributed by atoms with van der Waals surface area (Å²) in [4.78, 5) is 12.0. The van der Waals surface area contributed by atoms with E-state index in [1.165, 1.54) is 0 Å². The number of rotatable bonds is 5. The van der Waals surface area contributed by atoms with Crippen LogP contribution in [-0.2, 0) is 10.2 Å². The molecule has 0 heterocycles. The van der Waals surface area contributed by atoms with Gasteiger partial charge in [0.25, 0.3) is 0 Å². The standard InChI is InChI=1S/C21H17O2P/c22-20(23)19(24)21(16-10-4-1-5-11-16,17-12-6-2-7-13-17)18-14-8-3-9-15-18/h1-15,24H,(H,22,23). The molecule has 0 spiro atoms. The van der Waals surface area contributed by atoms with E-state index in [1.807, 2.05) is 91.0 Å². The maximum atomic E-state index is 12.0. The van der Waals surface area contributed by atoms with Gasteiger partial charge in [0.2, 0.25) is 0 Å². The summed E-state index contributed by atoms with van der Waals surface area (Å²) in [7, 11) is 3.46. The molecule has 0 fully saturated rings. The summed E-state index contributed by atoms with van der Waals surface area (Å²) in [6.45, 7) is 0. The molecule has 24 heavy (non-hydrogen) atoms. The van der Waals surface area contributed by atoms with Gasteiger partial charge in [0.05, 0.1) is 10.7 Å². The third-order valence-electron chi connectivity index (χ3n) is 4.21. The van der Waals surface area contributed by atoms with Crippen molar-refractivity contribution >= 4 is 20.1 Å².